The Morgan fingerprint density at radius 1 is 1.12 bits per heavy atom. The maximum Gasteiger partial charge on any atom is 0.335 e. The van der Waals surface area contributed by atoms with Crippen LogP contribution in [0.1, 0.15) is 45.0 Å². The van der Waals surface area contributed by atoms with Gasteiger partial charge in [-0.1, -0.05) is 30.3 Å². The zero-order valence-corrected chi connectivity index (χ0v) is 13.9. The van der Waals surface area contributed by atoms with Crippen LogP contribution in [0.5, 0.6) is 0 Å². The van der Waals surface area contributed by atoms with Crippen molar-refractivity contribution in [2.45, 2.75) is 18.8 Å². The van der Waals surface area contributed by atoms with Crippen molar-refractivity contribution in [2.24, 2.45) is 5.92 Å². The summed E-state index contributed by atoms with van der Waals surface area (Å²) < 4.78 is 0. The van der Waals surface area contributed by atoms with E-state index in [2.05, 4.69) is 17.4 Å². The number of carboxylic acid groups (broad SMARTS) is 1. The second-order valence-electron chi connectivity index (χ2n) is 6.49. The summed E-state index contributed by atoms with van der Waals surface area (Å²) >= 11 is 0. The van der Waals surface area contributed by atoms with E-state index in [4.69, 9.17) is 5.11 Å². The van der Waals surface area contributed by atoms with Gasteiger partial charge in [0, 0.05) is 24.2 Å². The number of carbonyl (C=O) groups is 2. The number of carbonyl (C=O) groups excluding carboxylic acids is 1. The highest BCUT2D eigenvalue weighted by Crippen LogP contribution is 2.41. The Morgan fingerprint density at radius 2 is 1.77 bits per heavy atom. The molecule has 1 aliphatic carbocycles. The lowest BCUT2D eigenvalue weighted by Crippen LogP contribution is -2.35. The molecule has 7 nitrogen and oxygen atoms in total. The molecule has 0 aliphatic heterocycles. The Labute approximate surface area is 149 Å². The van der Waals surface area contributed by atoms with Crippen molar-refractivity contribution in [3.8, 4) is 0 Å². The van der Waals surface area contributed by atoms with Crippen LogP contribution in [0.2, 0.25) is 0 Å². The van der Waals surface area contributed by atoms with Crippen LogP contribution in [0.4, 0.5) is 5.69 Å². The number of nitro groups is 1. The van der Waals surface area contributed by atoms with Crippen molar-refractivity contribution >= 4 is 17.6 Å². The molecule has 1 amide bonds. The highest BCUT2D eigenvalue weighted by Gasteiger charge is 2.30. The van der Waals surface area contributed by atoms with Crippen molar-refractivity contribution in [3.05, 3.63) is 75.3 Å². The molecule has 0 bridgehead atoms. The van der Waals surface area contributed by atoms with E-state index in [9.17, 15) is 19.7 Å². The molecule has 7 heteroatoms. The van der Waals surface area contributed by atoms with Crippen molar-refractivity contribution in [1.82, 2.24) is 5.32 Å². The van der Waals surface area contributed by atoms with E-state index in [1.807, 2.05) is 18.2 Å². The molecule has 1 aliphatic rings. The number of non-ortho nitro benzene ring substituents is 1. The van der Waals surface area contributed by atoms with Crippen LogP contribution in [0.3, 0.4) is 0 Å². The third-order valence-corrected chi connectivity index (χ3v) is 4.70. The van der Waals surface area contributed by atoms with Gasteiger partial charge in [-0.05, 0) is 36.3 Å². The first-order valence-electron chi connectivity index (χ1n) is 8.30. The fourth-order valence-corrected chi connectivity index (χ4v) is 3.21. The predicted molar refractivity (Wildman–Crippen MR) is 94.3 cm³/mol. The van der Waals surface area contributed by atoms with Gasteiger partial charge >= 0.3 is 5.97 Å². The minimum absolute atomic E-state index is 0.0180. The van der Waals surface area contributed by atoms with E-state index >= 15 is 0 Å². The summed E-state index contributed by atoms with van der Waals surface area (Å²) in [7, 11) is 0. The smallest absolute Gasteiger partial charge is 0.335 e. The second kappa shape index (κ2) is 7.35. The van der Waals surface area contributed by atoms with Crippen LogP contribution in [0.15, 0.2) is 48.5 Å². The van der Waals surface area contributed by atoms with E-state index in [0.717, 1.165) is 31.0 Å². The second-order valence-corrected chi connectivity index (χ2v) is 6.49. The molecule has 1 fully saturated rings. The molecule has 0 heterocycles. The van der Waals surface area contributed by atoms with Crippen LogP contribution in [0, 0.1) is 16.0 Å². The molecule has 0 aromatic heterocycles. The maximum absolute atomic E-state index is 12.3. The van der Waals surface area contributed by atoms with Gasteiger partial charge in [-0.2, -0.15) is 0 Å². The van der Waals surface area contributed by atoms with Gasteiger partial charge in [0.2, 0.25) is 0 Å². The molecule has 0 saturated heterocycles. The minimum atomic E-state index is -1.31. The lowest BCUT2D eigenvalue weighted by Gasteiger charge is -2.35. The summed E-state index contributed by atoms with van der Waals surface area (Å²) in [5.74, 6) is -0.969. The SMILES string of the molecule is O=C(O)c1cc(C(=O)NCC2CC(c3ccccc3)C2)cc([N+](=O)[O-])c1. The number of nitrogens with one attached hydrogen (secondary N) is 1. The number of nitrogens with zero attached hydrogens (tertiary/aromatic N) is 1. The first kappa shape index (κ1) is 17.6. The van der Waals surface area contributed by atoms with E-state index in [-0.39, 0.29) is 11.1 Å². The van der Waals surface area contributed by atoms with E-state index in [0.29, 0.717) is 18.4 Å². The van der Waals surface area contributed by atoms with Gasteiger partial charge in [0.15, 0.2) is 0 Å². The van der Waals surface area contributed by atoms with Gasteiger partial charge in [0.25, 0.3) is 11.6 Å². The average Bonchev–Trinajstić information content (AvgIpc) is 2.60. The van der Waals surface area contributed by atoms with Gasteiger partial charge in [-0.3, -0.25) is 14.9 Å². The molecule has 2 aromatic rings. The number of nitro benzene ring substituents is 1. The van der Waals surface area contributed by atoms with Crippen molar-refractivity contribution in [3.63, 3.8) is 0 Å². The fraction of sp³-hybridized carbons (Fsp3) is 0.263. The third-order valence-electron chi connectivity index (χ3n) is 4.70. The molecular formula is C19H18N2O5. The summed E-state index contributed by atoms with van der Waals surface area (Å²) in [6.45, 7) is 0.466. The lowest BCUT2D eigenvalue weighted by molar-refractivity contribution is -0.384. The minimum Gasteiger partial charge on any atom is -0.478 e. The summed E-state index contributed by atoms with van der Waals surface area (Å²) in [6, 6.07) is 13.4. The number of rotatable bonds is 6. The summed E-state index contributed by atoms with van der Waals surface area (Å²) in [4.78, 5) is 33.6. The molecule has 0 atom stereocenters. The Balaban J connectivity index is 1.59. The normalized spacial score (nSPS) is 18.6. The zero-order chi connectivity index (χ0) is 18.7. The van der Waals surface area contributed by atoms with Gasteiger partial charge in [-0.25, -0.2) is 4.79 Å². The lowest BCUT2D eigenvalue weighted by atomic mass is 9.71. The molecule has 134 valence electrons. The van der Waals surface area contributed by atoms with Crippen LogP contribution < -0.4 is 5.32 Å². The monoisotopic (exact) mass is 354 g/mol. The highest BCUT2D eigenvalue weighted by atomic mass is 16.6. The molecular weight excluding hydrogens is 336 g/mol. The van der Waals surface area contributed by atoms with Crippen LogP contribution in [-0.2, 0) is 0 Å². The number of amides is 1. The number of carboxylic acids is 1. The number of hydrogen-bond acceptors (Lipinski definition) is 4. The zero-order valence-electron chi connectivity index (χ0n) is 13.9. The van der Waals surface area contributed by atoms with E-state index < -0.39 is 22.5 Å². The predicted octanol–water partition coefficient (Wildman–Crippen LogP) is 3.22. The first-order valence-corrected chi connectivity index (χ1v) is 8.30. The topological polar surface area (TPSA) is 110 Å². The van der Waals surface area contributed by atoms with Gasteiger partial charge in [0.1, 0.15) is 0 Å². The Kier molecular flexibility index (Phi) is 4.97. The molecule has 2 aromatic carbocycles. The van der Waals surface area contributed by atoms with Crippen LogP contribution in [0.25, 0.3) is 0 Å². The van der Waals surface area contributed by atoms with E-state index in [1.54, 1.807) is 0 Å². The molecule has 0 radical (unpaired) electrons. The number of aromatic carboxylic acids is 1. The van der Waals surface area contributed by atoms with Crippen molar-refractivity contribution in [1.29, 1.82) is 0 Å². The van der Waals surface area contributed by atoms with E-state index in [1.165, 1.54) is 5.56 Å². The number of hydrogen-bond donors (Lipinski definition) is 2. The molecule has 26 heavy (non-hydrogen) atoms. The van der Waals surface area contributed by atoms with Crippen molar-refractivity contribution < 1.29 is 19.6 Å². The third kappa shape index (κ3) is 3.88. The molecule has 1 saturated carbocycles. The maximum atomic E-state index is 12.3. The average molecular weight is 354 g/mol. The molecule has 3 rings (SSSR count). The molecule has 0 unspecified atom stereocenters. The highest BCUT2D eigenvalue weighted by molar-refractivity contribution is 5.98. The van der Waals surface area contributed by atoms with Crippen LogP contribution >= 0.6 is 0 Å². The largest absolute Gasteiger partial charge is 0.478 e. The Bertz CT molecular complexity index is 812. The summed E-state index contributed by atoms with van der Waals surface area (Å²) in [6.07, 6.45) is 1.94. The molecule has 2 N–H and O–H groups in total. The first-order chi connectivity index (χ1) is 12.4. The summed E-state index contributed by atoms with van der Waals surface area (Å²) in [5, 5.41) is 22.7. The van der Waals surface area contributed by atoms with Gasteiger partial charge < -0.3 is 10.4 Å². The standard InChI is InChI=1S/C19H18N2O5/c22-18(15-8-16(19(23)24)10-17(9-15)21(25)26)20-11-12-6-14(7-12)13-4-2-1-3-5-13/h1-5,8-10,12,14H,6-7,11H2,(H,20,22)(H,23,24). The number of benzene rings is 2. The fourth-order valence-electron chi connectivity index (χ4n) is 3.21. The summed E-state index contributed by atoms with van der Waals surface area (Å²) in [5.41, 5.74) is 0.579. The Morgan fingerprint density at radius 3 is 2.38 bits per heavy atom. The van der Waals surface area contributed by atoms with Crippen LogP contribution in [-0.4, -0.2) is 28.5 Å². The molecule has 0 spiro atoms. The van der Waals surface area contributed by atoms with Gasteiger partial charge in [-0.15, -0.1) is 0 Å². The van der Waals surface area contributed by atoms with Gasteiger partial charge in [0.05, 0.1) is 10.5 Å². The quantitative estimate of drug-likeness (QED) is 0.611. The van der Waals surface area contributed by atoms with Crippen molar-refractivity contribution in [2.75, 3.05) is 6.54 Å². The Hall–Kier alpha value is -3.22.